The van der Waals surface area contributed by atoms with E-state index >= 15 is 0 Å². The van der Waals surface area contributed by atoms with Gasteiger partial charge in [-0.15, -0.1) is 0 Å². The van der Waals surface area contributed by atoms with Crippen molar-refractivity contribution >= 4 is 29.1 Å². The Bertz CT molecular complexity index is 1640. The maximum Gasteiger partial charge on any atom is 0.317 e. The number of carbonyl (C=O) groups excluding carboxylic acids is 2. The van der Waals surface area contributed by atoms with Crippen LogP contribution in [0.1, 0.15) is 32.6 Å². The Morgan fingerprint density at radius 2 is 1.81 bits per heavy atom. The quantitative estimate of drug-likeness (QED) is 0.345. The van der Waals surface area contributed by atoms with Gasteiger partial charge in [-0.1, -0.05) is 30.3 Å². The highest BCUT2D eigenvalue weighted by Gasteiger charge is 2.27. The average Bonchev–Trinajstić information content (AvgIpc) is 3.27. The zero-order valence-electron chi connectivity index (χ0n) is 24.8. The smallest absolute Gasteiger partial charge is 0.317 e. The highest BCUT2D eigenvalue weighted by Crippen LogP contribution is 2.36. The number of hydrogen-bond acceptors (Lipinski definition) is 6. The van der Waals surface area contributed by atoms with Crippen molar-refractivity contribution in [2.24, 2.45) is 7.05 Å². The van der Waals surface area contributed by atoms with Crippen molar-refractivity contribution in [3.8, 4) is 5.75 Å². The zero-order valence-corrected chi connectivity index (χ0v) is 24.8. The molecule has 0 aliphatic carbocycles. The lowest BCUT2D eigenvalue weighted by atomic mass is 10.0. The van der Waals surface area contributed by atoms with Crippen LogP contribution in [0.15, 0.2) is 72.9 Å². The van der Waals surface area contributed by atoms with Crippen molar-refractivity contribution in [1.29, 1.82) is 0 Å². The SMILES string of the molecule is COc1cccc(CN2CCN(C(=O)NCc3ccc(C(=O)N4Cc5cnn(C)c5Nc5ccccc54)cc3C)CC2)c1. The van der Waals surface area contributed by atoms with Crippen molar-refractivity contribution in [2.45, 2.75) is 26.6 Å². The summed E-state index contributed by atoms with van der Waals surface area (Å²) in [6.07, 6.45) is 1.80. The summed E-state index contributed by atoms with van der Waals surface area (Å²) in [7, 11) is 3.56. The second kappa shape index (κ2) is 12.2. The summed E-state index contributed by atoms with van der Waals surface area (Å²) in [4.78, 5) is 32.8. The van der Waals surface area contributed by atoms with Crippen molar-refractivity contribution < 1.29 is 14.3 Å². The Balaban J connectivity index is 1.06. The van der Waals surface area contributed by atoms with E-state index in [2.05, 4.69) is 32.8 Å². The Labute approximate surface area is 251 Å². The fourth-order valence-electron chi connectivity index (χ4n) is 5.74. The molecule has 3 amide bonds. The first-order chi connectivity index (χ1) is 20.9. The molecule has 2 aliphatic rings. The lowest BCUT2D eigenvalue weighted by Gasteiger charge is -2.34. The van der Waals surface area contributed by atoms with Crippen molar-refractivity contribution in [2.75, 3.05) is 43.5 Å². The molecule has 10 nitrogen and oxygen atoms in total. The molecule has 2 N–H and O–H groups in total. The van der Waals surface area contributed by atoms with E-state index in [0.29, 0.717) is 31.7 Å². The van der Waals surface area contributed by atoms with Gasteiger partial charge >= 0.3 is 6.03 Å². The third-order valence-electron chi connectivity index (χ3n) is 8.26. The molecule has 0 unspecified atom stereocenters. The van der Waals surface area contributed by atoms with Gasteiger partial charge in [0.15, 0.2) is 0 Å². The van der Waals surface area contributed by atoms with Crippen LogP contribution in [0.4, 0.5) is 22.0 Å². The van der Waals surface area contributed by atoms with Crippen LogP contribution >= 0.6 is 0 Å². The molecule has 2 aliphatic heterocycles. The molecule has 6 rings (SSSR count). The van der Waals surface area contributed by atoms with E-state index in [4.69, 9.17) is 4.74 Å². The van der Waals surface area contributed by atoms with Crippen LogP contribution < -0.4 is 20.3 Å². The van der Waals surface area contributed by atoms with Crippen LogP contribution in [0, 0.1) is 6.92 Å². The second-order valence-electron chi connectivity index (χ2n) is 11.1. The van der Waals surface area contributed by atoms with E-state index in [1.807, 2.05) is 73.5 Å². The number of benzene rings is 3. The van der Waals surface area contributed by atoms with Gasteiger partial charge in [-0.3, -0.25) is 14.4 Å². The lowest BCUT2D eigenvalue weighted by molar-refractivity contribution is 0.0985. The van der Waals surface area contributed by atoms with E-state index in [1.165, 1.54) is 5.56 Å². The number of nitrogens with one attached hydrogen (secondary N) is 2. The topological polar surface area (TPSA) is 95.0 Å². The highest BCUT2D eigenvalue weighted by molar-refractivity contribution is 6.08. The van der Waals surface area contributed by atoms with Crippen LogP contribution in [-0.4, -0.2) is 64.8 Å². The molecule has 0 spiro atoms. The zero-order chi connectivity index (χ0) is 29.9. The lowest BCUT2D eigenvalue weighted by Crippen LogP contribution is -2.51. The molecule has 1 aromatic heterocycles. The summed E-state index contributed by atoms with van der Waals surface area (Å²) >= 11 is 0. The molecule has 0 saturated carbocycles. The van der Waals surface area contributed by atoms with Gasteiger partial charge in [0.05, 0.1) is 31.2 Å². The second-order valence-corrected chi connectivity index (χ2v) is 11.1. The number of aryl methyl sites for hydroxylation is 2. The predicted octanol–water partition coefficient (Wildman–Crippen LogP) is 4.67. The van der Waals surface area contributed by atoms with Gasteiger partial charge < -0.3 is 25.2 Å². The molecular formula is C33H37N7O3. The van der Waals surface area contributed by atoms with E-state index in [1.54, 1.807) is 22.9 Å². The van der Waals surface area contributed by atoms with E-state index in [-0.39, 0.29) is 11.9 Å². The van der Waals surface area contributed by atoms with Crippen molar-refractivity contribution in [1.82, 2.24) is 24.9 Å². The molecule has 222 valence electrons. The maximum atomic E-state index is 13.8. The number of piperazine rings is 1. The van der Waals surface area contributed by atoms with E-state index in [9.17, 15) is 9.59 Å². The van der Waals surface area contributed by atoms with Crippen LogP contribution in [0.2, 0.25) is 0 Å². The molecule has 1 fully saturated rings. The molecule has 3 heterocycles. The first kappa shape index (κ1) is 28.3. The molecule has 1 saturated heterocycles. The Kier molecular flexibility index (Phi) is 8.02. The summed E-state index contributed by atoms with van der Waals surface area (Å²) in [5.74, 6) is 1.65. The van der Waals surface area contributed by atoms with Crippen LogP contribution in [0.3, 0.4) is 0 Å². The molecule has 0 atom stereocenters. The van der Waals surface area contributed by atoms with Crippen LogP contribution in [-0.2, 0) is 26.7 Å². The number of para-hydroxylation sites is 2. The standard InChI is InChI=1S/C33H37N7O3/c1-23-17-25(32(41)40-22-27-20-35-37(2)31(27)36-29-9-4-5-10-30(29)40)11-12-26(23)19-34-33(42)39-15-13-38(14-16-39)21-24-7-6-8-28(18-24)43-3/h4-12,17-18,20,36H,13-16,19,21-22H2,1-3H3,(H,34,42). The number of nitrogens with zero attached hydrogens (tertiary/aromatic N) is 5. The van der Waals surface area contributed by atoms with Gasteiger partial charge in [-0.25, -0.2) is 4.79 Å². The van der Waals surface area contributed by atoms with Crippen molar-refractivity contribution in [3.05, 3.63) is 101 Å². The average molecular weight is 580 g/mol. The van der Waals surface area contributed by atoms with Crippen LogP contribution in [0.25, 0.3) is 0 Å². The number of carbonyl (C=O) groups is 2. The van der Waals surface area contributed by atoms with Gasteiger partial charge in [0.2, 0.25) is 0 Å². The number of anilines is 3. The molecule has 0 radical (unpaired) electrons. The minimum Gasteiger partial charge on any atom is -0.497 e. The monoisotopic (exact) mass is 579 g/mol. The number of amides is 3. The normalized spacial score (nSPS) is 14.8. The number of urea groups is 1. The number of rotatable bonds is 6. The fraction of sp³-hybridized carbons (Fsp3) is 0.303. The van der Waals surface area contributed by atoms with Crippen LogP contribution in [0.5, 0.6) is 5.75 Å². The van der Waals surface area contributed by atoms with Gasteiger partial charge in [0.25, 0.3) is 5.91 Å². The molecule has 4 aromatic rings. The highest BCUT2D eigenvalue weighted by atomic mass is 16.5. The summed E-state index contributed by atoms with van der Waals surface area (Å²) in [6.45, 7) is 6.60. The minimum atomic E-state index is -0.0866. The summed E-state index contributed by atoms with van der Waals surface area (Å²) in [5.41, 5.74) is 6.36. The fourth-order valence-corrected chi connectivity index (χ4v) is 5.74. The van der Waals surface area contributed by atoms with E-state index in [0.717, 1.165) is 59.3 Å². The number of methoxy groups -OCH3 is 1. The third-order valence-corrected chi connectivity index (χ3v) is 8.26. The number of fused-ring (bicyclic) bond motifs is 2. The summed E-state index contributed by atoms with van der Waals surface area (Å²) in [5, 5.41) is 10.9. The van der Waals surface area contributed by atoms with Gasteiger partial charge in [-0.2, -0.15) is 5.10 Å². The summed E-state index contributed by atoms with van der Waals surface area (Å²) < 4.78 is 7.12. The first-order valence-electron chi connectivity index (χ1n) is 14.6. The predicted molar refractivity (Wildman–Crippen MR) is 167 cm³/mol. The summed E-state index contributed by atoms with van der Waals surface area (Å²) in [6, 6.07) is 21.5. The Hall–Kier alpha value is -4.83. The molecule has 3 aromatic carbocycles. The first-order valence-corrected chi connectivity index (χ1v) is 14.6. The molecule has 10 heteroatoms. The number of ether oxygens (including phenoxy) is 1. The molecule has 43 heavy (non-hydrogen) atoms. The van der Waals surface area contributed by atoms with Crippen molar-refractivity contribution in [3.63, 3.8) is 0 Å². The largest absolute Gasteiger partial charge is 0.497 e. The third kappa shape index (κ3) is 6.05. The Morgan fingerprint density at radius 1 is 1.00 bits per heavy atom. The maximum absolute atomic E-state index is 13.8. The number of aromatic nitrogens is 2. The Morgan fingerprint density at radius 3 is 2.60 bits per heavy atom. The van der Waals surface area contributed by atoms with E-state index < -0.39 is 0 Å². The van der Waals surface area contributed by atoms with Gasteiger partial charge in [-0.05, 0) is 60.0 Å². The molecular weight excluding hydrogens is 542 g/mol. The number of hydrogen-bond donors (Lipinski definition) is 2. The minimum absolute atomic E-state index is 0.0680. The van der Waals surface area contributed by atoms with Gasteiger partial charge in [0.1, 0.15) is 11.6 Å². The van der Waals surface area contributed by atoms with Gasteiger partial charge in [0, 0.05) is 57.4 Å². The molecule has 0 bridgehead atoms.